The highest BCUT2D eigenvalue weighted by atomic mass is 35.5. The first-order chi connectivity index (χ1) is 5.77. The van der Waals surface area contributed by atoms with Gasteiger partial charge in [0.25, 0.3) is 0 Å². The summed E-state index contributed by atoms with van der Waals surface area (Å²) in [4.78, 5) is 0. The maximum Gasteiger partial charge on any atom is 0.0408 e. The first-order valence-electron chi connectivity index (χ1n) is 4.16. The molecule has 0 heterocycles. The van der Waals surface area contributed by atoms with Gasteiger partial charge in [0.15, 0.2) is 0 Å². The van der Waals surface area contributed by atoms with Gasteiger partial charge >= 0.3 is 0 Å². The first kappa shape index (κ1) is 9.34. The molecule has 0 aliphatic rings. The molecule has 0 radical (unpaired) electrons. The van der Waals surface area contributed by atoms with Gasteiger partial charge in [-0.3, -0.25) is 0 Å². The summed E-state index contributed by atoms with van der Waals surface area (Å²) in [6.45, 7) is 5.94. The Morgan fingerprint density at radius 1 is 1.58 bits per heavy atom. The van der Waals surface area contributed by atoms with E-state index in [1.807, 2.05) is 24.3 Å². The zero-order valence-corrected chi connectivity index (χ0v) is 8.01. The van der Waals surface area contributed by atoms with Crippen LogP contribution in [0.2, 0.25) is 5.02 Å². The van der Waals surface area contributed by atoms with Crippen LogP contribution in [-0.2, 0) is 0 Å². The van der Waals surface area contributed by atoms with Crippen molar-refractivity contribution in [3.63, 3.8) is 0 Å². The Hall–Kier alpha value is -0.750. The fraction of sp³-hybridized carbons (Fsp3) is 0.273. The van der Waals surface area contributed by atoms with Gasteiger partial charge in [0.2, 0.25) is 0 Å². The monoisotopic (exact) mass is 180 g/mol. The van der Waals surface area contributed by atoms with E-state index in [2.05, 4.69) is 19.6 Å². The lowest BCUT2D eigenvalue weighted by Gasteiger charge is -2.09. The molecular weight excluding hydrogens is 168 g/mol. The second kappa shape index (κ2) is 4.32. The summed E-state index contributed by atoms with van der Waals surface area (Å²) in [5.74, 6) is 0.434. The van der Waals surface area contributed by atoms with E-state index in [9.17, 15) is 0 Å². The van der Waals surface area contributed by atoms with E-state index >= 15 is 0 Å². The number of allylic oxidation sites excluding steroid dienone is 1. The third-order valence-corrected chi connectivity index (χ3v) is 2.24. The van der Waals surface area contributed by atoms with Crippen LogP contribution in [0.15, 0.2) is 36.9 Å². The fourth-order valence-corrected chi connectivity index (χ4v) is 1.47. The SMILES string of the molecule is C=CC(CC)c1cccc(Cl)c1. The molecule has 0 fully saturated rings. The van der Waals surface area contributed by atoms with Gasteiger partial charge in [-0.15, -0.1) is 6.58 Å². The highest BCUT2D eigenvalue weighted by Crippen LogP contribution is 2.22. The largest absolute Gasteiger partial charge is 0.102 e. The van der Waals surface area contributed by atoms with Gasteiger partial charge in [0, 0.05) is 10.9 Å². The van der Waals surface area contributed by atoms with Gasteiger partial charge in [-0.25, -0.2) is 0 Å². The van der Waals surface area contributed by atoms with Crippen LogP contribution in [-0.4, -0.2) is 0 Å². The lowest BCUT2D eigenvalue weighted by atomic mass is 9.97. The Morgan fingerprint density at radius 3 is 2.83 bits per heavy atom. The molecule has 1 aromatic carbocycles. The second-order valence-corrected chi connectivity index (χ2v) is 3.24. The average molecular weight is 181 g/mol. The molecule has 1 rings (SSSR count). The van der Waals surface area contributed by atoms with Crippen molar-refractivity contribution in [3.05, 3.63) is 47.5 Å². The molecule has 0 saturated heterocycles. The molecule has 1 aromatic rings. The zero-order chi connectivity index (χ0) is 8.97. The van der Waals surface area contributed by atoms with Gasteiger partial charge in [0.05, 0.1) is 0 Å². The van der Waals surface area contributed by atoms with E-state index in [-0.39, 0.29) is 0 Å². The highest BCUT2D eigenvalue weighted by Gasteiger charge is 2.03. The minimum Gasteiger partial charge on any atom is -0.102 e. The molecule has 0 aliphatic heterocycles. The first-order valence-corrected chi connectivity index (χ1v) is 4.53. The lowest BCUT2D eigenvalue weighted by molar-refractivity contribution is 0.807. The molecule has 1 atom stereocenters. The topological polar surface area (TPSA) is 0 Å². The third-order valence-electron chi connectivity index (χ3n) is 2.00. The Kier molecular flexibility index (Phi) is 3.36. The van der Waals surface area contributed by atoms with Crippen LogP contribution in [0.5, 0.6) is 0 Å². The predicted octanol–water partition coefficient (Wildman–Crippen LogP) is 4.02. The summed E-state index contributed by atoms with van der Waals surface area (Å²) >= 11 is 5.87. The van der Waals surface area contributed by atoms with Crippen LogP contribution in [0.1, 0.15) is 24.8 Å². The van der Waals surface area contributed by atoms with Crippen LogP contribution in [0.4, 0.5) is 0 Å². The number of hydrogen-bond acceptors (Lipinski definition) is 0. The Balaban J connectivity index is 2.93. The summed E-state index contributed by atoms with van der Waals surface area (Å²) in [6.07, 6.45) is 3.04. The summed E-state index contributed by atoms with van der Waals surface area (Å²) < 4.78 is 0. The van der Waals surface area contributed by atoms with Crippen molar-refractivity contribution in [2.24, 2.45) is 0 Å². The summed E-state index contributed by atoms with van der Waals surface area (Å²) in [7, 11) is 0. The van der Waals surface area contributed by atoms with E-state index in [1.165, 1.54) is 5.56 Å². The standard InChI is InChI=1S/C11H13Cl/c1-3-9(4-2)10-6-5-7-11(12)8-10/h3,5-9H,1,4H2,2H3. The predicted molar refractivity (Wildman–Crippen MR) is 54.7 cm³/mol. The highest BCUT2D eigenvalue weighted by molar-refractivity contribution is 6.30. The smallest absolute Gasteiger partial charge is 0.0408 e. The third kappa shape index (κ3) is 2.12. The van der Waals surface area contributed by atoms with Crippen molar-refractivity contribution in [1.82, 2.24) is 0 Å². The van der Waals surface area contributed by atoms with Crippen molar-refractivity contribution in [2.75, 3.05) is 0 Å². The Labute approximate surface area is 78.9 Å². The van der Waals surface area contributed by atoms with E-state index in [1.54, 1.807) is 0 Å². The van der Waals surface area contributed by atoms with E-state index in [4.69, 9.17) is 11.6 Å². The molecule has 12 heavy (non-hydrogen) atoms. The van der Waals surface area contributed by atoms with E-state index in [0.29, 0.717) is 5.92 Å². The summed E-state index contributed by atoms with van der Waals surface area (Å²) in [6, 6.07) is 7.95. The maximum atomic E-state index is 5.87. The lowest BCUT2D eigenvalue weighted by Crippen LogP contribution is -1.91. The minimum atomic E-state index is 0.434. The minimum absolute atomic E-state index is 0.434. The van der Waals surface area contributed by atoms with Crippen LogP contribution in [0.25, 0.3) is 0 Å². The summed E-state index contributed by atoms with van der Waals surface area (Å²) in [5.41, 5.74) is 1.25. The summed E-state index contributed by atoms with van der Waals surface area (Å²) in [5, 5.41) is 0.799. The van der Waals surface area contributed by atoms with Gasteiger partial charge in [0.1, 0.15) is 0 Å². The Morgan fingerprint density at radius 2 is 2.33 bits per heavy atom. The quantitative estimate of drug-likeness (QED) is 0.617. The maximum absolute atomic E-state index is 5.87. The van der Waals surface area contributed by atoms with Crippen LogP contribution in [0.3, 0.4) is 0 Å². The van der Waals surface area contributed by atoms with Crippen molar-refractivity contribution < 1.29 is 0 Å². The molecular formula is C11H13Cl. The van der Waals surface area contributed by atoms with Gasteiger partial charge < -0.3 is 0 Å². The molecule has 0 saturated carbocycles. The normalized spacial score (nSPS) is 12.5. The molecule has 0 aromatic heterocycles. The van der Waals surface area contributed by atoms with Gasteiger partial charge in [-0.05, 0) is 24.1 Å². The number of hydrogen-bond donors (Lipinski definition) is 0. The van der Waals surface area contributed by atoms with Crippen molar-refractivity contribution in [3.8, 4) is 0 Å². The molecule has 1 unspecified atom stereocenters. The number of halogens is 1. The molecule has 0 spiro atoms. The molecule has 64 valence electrons. The van der Waals surface area contributed by atoms with Crippen molar-refractivity contribution in [1.29, 1.82) is 0 Å². The van der Waals surface area contributed by atoms with Gasteiger partial charge in [-0.1, -0.05) is 36.7 Å². The van der Waals surface area contributed by atoms with Crippen LogP contribution in [0, 0.1) is 0 Å². The van der Waals surface area contributed by atoms with E-state index in [0.717, 1.165) is 11.4 Å². The van der Waals surface area contributed by atoms with Crippen molar-refractivity contribution >= 4 is 11.6 Å². The second-order valence-electron chi connectivity index (χ2n) is 2.81. The molecule has 0 N–H and O–H groups in total. The molecule has 0 bridgehead atoms. The molecule has 1 heteroatoms. The molecule has 0 nitrogen and oxygen atoms in total. The van der Waals surface area contributed by atoms with E-state index < -0.39 is 0 Å². The van der Waals surface area contributed by atoms with Crippen LogP contribution < -0.4 is 0 Å². The molecule has 0 amide bonds. The number of benzene rings is 1. The van der Waals surface area contributed by atoms with Crippen LogP contribution >= 0.6 is 11.6 Å². The van der Waals surface area contributed by atoms with Gasteiger partial charge in [-0.2, -0.15) is 0 Å². The molecule has 0 aliphatic carbocycles. The zero-order valence-electron chi connectivity index (χ0n) is 7.26. The van der Waals surface area contributed by atoms with Crippen molar-refractivity contribution in [2.45, 2.75) is 19.3 Å². The average Bonchev–Trinajstić information content (AvgIpc) is 2.07. The Bertz CT molecular complexity index is 265. The number of rotatable bonds is 3. The fourth-order valence-electron chi connectivity index (χ4n) is 1.28.